The van der Waals surface area contributed by atoms with Crippen molar-refractivity contribution in [3.05, 3.63) is 71.8 Å². The Labute approximate surface area is 124 Å². The van der Waals surface area contributed by atoms with E-state index < -0.39 is 0 Å². The van der Waals surface area contributed by atoms with Crippen LogP contribution in [0, 0.1) is 0 Å². The lowest BCUT2D eigenvalue weighted by molar-refractivity contribution is 0.0210. The zero-order valence-corrected chi connectivity index (χ0v) is 11.7. The summed E-state index contributed by atoms with van der Waals surface area (Å²) < 4.78 is 5.69. The van der Waals surface area contributed by atoms with Crippen molar-refractivity contribution in [1.29, 1.82) is 0 Å². The molecule has 1 heterocycles. The fraction of sp³-hybridized carbons (Fsp3) is 0.222. The monoisotopic (exact) mass is 279 g/mol. The number of benzene rings is 2. The Morgan fingerprint density at radius 3 is 2.38 bits per heavy atom. The molecular weight excluding hydrogens is 262 g/mol. The van der Waals surface area contributed by atoms with Gasteiger partial charge in [0.2, 0.25) is 0 Å². The molecule has 0 saturated heterocycles. The van der Waals surface area contributed by atoms with Crippen LogP contribution in [0.15, 0.2) is 65.7 Å². The van der Waals surface area contributed by atoms with Crippen LogP contribution < -0.4 is 0 Å². The van der Waals surface area contributed by atoms with Crippen LogP contribution >= 0.6 is 0 Å². The molecule has 1 aliphatic heterocycles. The summed E-state index contributed by atoms with van der Waals surface area (Å²) in [6.07, 6.45) is 3.37. The molecule has 1 aliphatic rings. The highest BCUT2D eigenvalue weighted by Crippen LogP contribution is 2.29. The minimum atomic E-state index is -0.279. The van der Waals surface area contributed by atoms with Crippen molar-refractivity contribution in [2.45, 2.75) is 25.0 Å². The van der Waals surface area contributed by atoms with Gasteiger partial charge in [-0.25, -0.2) is 4.79 Å². The Hall–Kier alpha value is -2.42. The van der Waals surface area contributed by atoms with E-state index in [1.54, 1.807) is 12.1 Å². The molecule has 0 spiro atoms. The maximum atomic E-state index is 12.2. The summed E-state index contributed by atoms with van der Waals surface area (Å²) in [5.41, 5.74) is 1.66. The van der Waals surface area contributed by atoms with E-state index >= 15 is 0 Å². The quantitative estimate of drug-likeness (QED) is 0.801. The molecule has 0 unspecified atom stereocenters. The molecule has 0 bridgehead atoms. The van der Waals surface area contributed by atoms with E-state index in [0.717, 1.165) is 18.4 Å². The van der Waals surface area contributed by atoms with Crippen molar-refractivity contribution in [3.63, 3.8) is 0 Å². The normalized spacial score (nSPS) is 21.0. The van der Waals surface area contributed by atoms with E-state index in [2.05, 4.69) is 4.99 Å². The Morgan fingerprint density at radius 1 is 1.00 bits per heavy atom. The van der Waals surface area contributed by atoms with Crippen LogP contribution in [-0.4, -0.2) is 18.3 Å². The number of rotatable bonds is 3. The van der Waals surface area contributed by atoms with Crippen molar-refractivity contribution in [2.75, 3.05) is 0 Å². The van der Waals surface area contributed by atoms with Crippen molar-refractivity contribution >= 4 is 12.2 Å². The Kier molecular flexibility index (Phi) is 4.10. The van der Waals surface area contributed by atoms with Crippen LogP contribution in [0.3, 0.4) is 0 Å². The van der Waals surface area contributed by atoms with E-state index in [1.807, 2.05) is 54.7 Å². The molecule has 0 amide bonds. The highest BCUT2D eigenvalue weighted by atomic mass is 16.5. The third kappa shape index (κ3) is 3.19. The second-order valence-electron chi connectivity index (χ2n) is 5.07. The Morgan fingerprint density at radius 2 is 1.67 bits per heavy atom. The first-order valence-corrected chi connectivity index (χ1v) is 7.17. The summed E-state index contributed by atoms with van der Waals surface area (Å²) >= 11 is 0. The number of ether oxygens (including phenoxy) is 1. The Bertz CT molecular complexity index is 622. The second-order valence-corrected chi connectivity index (χ2v) is 5.07. The number of aliphatic imine (C=N–C) groups is 1. The van der Waals surface area contributed by atoms with Crippen molar-refractivity contribution in [2.24, 2.45) is 4.99 Å². The minimum absolute atomic E-state index is 0.104. The van der Waals surface area contributed by atoms with Gasteiger partial charge in [-0.3, -0.25) is 4.99 Å². The van der Waals surface area contributed by atoms with E-state index in [1.165, 1.54) is 0 Å². The molecule has 0 N–H and O–H groups in total. The lowest BCUT2D eigenvalue weighted by atomic mass is 9.96. The number of esters is 1. The summed E-state index contributed by atoms with van der Waals surface area (Å²) in [5.74, 6) is -0.279. The van der Waals surface area contributed by atoms with Crippen molar-refractivity contribution < 1.29 is 9.53 Å². The van der Waals surface area contributed by atoms with Crippen molar-refractivity contribution in [3.8, 4) is 0 Å². The molecule has 2 aromatic carbocycles. The SMILES string of the molecule is O=C(O[C@H]1CCC=N[C@H]1c1ccccc1)c1ccccc1. The molecule has 0 radical (unpaired) electrons. The maximum Gasteiger partial charge on any atom is 0.338 e. The van der Waals surface area contributed by atoms with Gasteiger partial charge in [0.05, 0.1) is 5.56 Å². The molecular formula is C18H17NO2. The van der Waals surface area contributed by atoms with Gasteiger partial charge < -0.3 is 4.74 Å². The zero-order chi connectivity index (χ0) is 14.5. The molecule has 3 heteroatoms. The molecule has 2 atom stereocenters. The first-order valence-electron chi connectivity index (χ1n) is 7.17. The van der Waals surface area contributed by atoms with E-state index in [9.17, 15) is 4.79 Å². The molecule has 2 aromatic rings. The van der Waals surface area contributed by atoms with Crippen molar-refractivity contribution in [1.82, 2.24) is 0 Å². The Balaban J connectivity index is 1.77. The summed E-state index contributed by atoms with van der Waals surface area (Å²) in [7, 11) is 0. The highest BCUT2D eigenvalue weighted by Gasteiger charge is 2.28. The van der Waals surface area contributed by atoms with Crippen LogP contribution in [-0.2, 0) is 4.74 Å². The first-order chi connectivity index (χ1) is 10.3. The van der Waals surface area contributed by atoms with E-state index in [4.69, 9.17) is 4.74 Å². The van der Waals surface area contributed by atoms with E-state index in [-0.39, 0.29) is 18.1 Å². The average Bonchev–Trinajstić information content (AvgIpc) is 2.57. The predicted molar refractivity (Wildman–Crippen MR) is 82.6 cm³/mol. The van der Waals surface area contributed by atoms with Gasteiger partial charge in [-0.2, -0.15) is 0 Å². The average molecular weight is 279 g/mol. The van der Waals surface area contributed by atoms with Crippen LogP contribution in [0.25, 0.3) is 0 Å². The minimum Gasteiger partial charge on any atom is -0.456 e. The summed E-state index contributed by atoms with van der Waals surface area (Å²) in [4.78, 5) is 16.7. The summed E-state index contributed by atoms with van der Waals surface area (Å²) in [6, 6.07) is 19.0. The van der Waals surface area contributed by atoms with Gasteiger partial charge in [0.25, 0.3) is 0 Å². The number of hydrogen-bond donors (Lipinski definition) is 0. The zero-order valence-electron chi connectivity index (χ0n) is 11.7. The molecule has 0 aliphatic carbocycles. The van der Waals surface area contributed by atoms with Gasteiger partial charge in [0, 0.05) is 0 Å². The molecule has 21 heavy (non-hydrogen) atoms. The largest absolute Gasteiger partial charge is 0.456 e. The number of carbonyl (C=O) groups is 1. The molecule has 106 valence electrons. The maximum absolute atomic E-state index is 12.2. The molecule has 0 aromatic heterocycles. The molecule has 0 fully saturated rings. The van der Waals surface area contributed by atoms with Crippen LogP contribution in [0.1, 0.15) is 34.8 Å². The summed E-state index contributed by atoms with van der Waals surface area (Å²) in [6.45, 7) is 0. The molecule has 3 rings (SSSR count). The third-order valence-corrected chi connectivity index (χ3v) is 3.61. The number of hydrogen-bond acceptors (Lipinski definition) is 3. The second kappa shape index (κ2) is 6.35. The van der Waals surface area contributed by atoms with Crippen LogP contribution in [0.2, 0.25) is 0 Å². The summed E-state index contributed by atoms with van der Waals surface area (Å²) in [5, 5.41) is 0. The van der Waals surface area contributed by atoms with Gasteiger partial charge in [-0.05, 0) is 36.8 Å². The molecule has 3 nitrogen and oxygen atoms in total. The molecule has 0 saturated carbocycles. The van der Waals surface area contributed by atoms with Crippen LogP contribution in [0.4, 0.5) is 0 Å². The lowest BCUT2D eigenvalue weighted by Gasteiger charge is -2.27. The number of nitrogens with zero attached hydrogens (tertiary/aromatic N) is 1. The van der Waals surface area contributed by atoms with Gasteiger partial charge >= 0.3 is 5.97 Å². The van der Waals surface area contributed by atoms with Crippen LogP contribution in [0.5, 0.6) is 0 Å². The highest BCUT2D eigenvalue weighted by molar-refractivity contribution is 5.89. The predicted octanol–water partition coefficient (Wildman–Crippen LogP) is 3.82. The fourth-order valence-corrected chi connectivity index (χ4v) is 2.53. The number of carbonyl (C=O) groups excluding carboxylic acids is 1. The smallest absolute Gasteiger partial charge is 0.338 e. The third-order valence-electron chi connectivity index (χ3n) is 3.61. The van der Waals surface area contributed by atoms with Gasteiger partial charge in [-0.15, -0.1) is 0 Å². The fourth-order valence-electron chi connectivity index (χ4n) is 2.53. The lowest BCUT2D eigenvalue weighted by Crippen LogP contribution is -2.27. The van der Waals surface area contributed by atoms with Gasteiger partial charge in [0.1, 0.15) is 12.1 Å². The van der Waals surface area contributed by atoms with Gasteiger partial charge in [-0.1, -0.05) is 48.5 Å². The topological polar surface area (TPSA) is 38.7 Å². The van der Waals surface area contributed by atoms with Gasteiger partial charge in [0.15, 0.2) is 0 Å². The first kappa shape index (κ1) is 13.6. The standard InChI is InChI=1S/C18H17NO2/c20-18(15-10-5-2-6-11-15)21-16-12-7-13-19-17(16)14-8-3-1-4-9-14/h1-6,8-11,13,16-17H,7,12H2/t16-,17-/m0/s1. The van der Waals surface area contributed by atoms with E-state index in [0.29, 0.717) is 5.56 Å².